The van der Waals surface area contributed by atoms with Crippen LogP contribution in [0.2, 0.25) is 0 Å². The second-order valence-corrected chi connectivity index (χ2v) is 6.86. The minimum atomic E-state index is 0.741. The number of benzene rings is 1. The molecule has 0 spiro atoms. The van der Waals surface area contributed by atoms with Gasteiger partial charge < -0.3 is 4.90 Å². The predicted octanol–water partition coefficient (Wildman–Crippen LogP) is 4.01. The van der Waals surface area contributed by atoms with Gasteiger partial charge in [0, 0.05) is 6.04 Å². The van der Waals surface area contributed by atoms with Gasteiger partial charge in [-0.2, -0.15) is 0 Å². The molecular formula is C18H27N. The van der Waals surface area contributed by atoms with E-state index in [0.29, 0.717) is 0 Å². The van der Waals surface area contributed by atoms with Gasteiger partial charge >= 0.3 is 0 Å². The summed E-state index contributed by atoms with van der Waals surface area (Å²) in [4.78, 5) is 2.41. The fraction of sp³-hybridized carbons (Fsp3) is 0.667. The van der Waals surface area contributed by atoms with Gasteiger partial charge in [-0.25, -0.2) is 0 Å². The molecule has 0 N–H and O–H groups in total. The molecule has 1 fully saturated rings. The van der Waals surface area contributed by atoms with Crippen LogP contribution < -0.4 is 0 Å². The number of hydrogen-bond donors (Lipinski definition) is 0. The zero-order valence-electron chi connectivity index (χ0n) is 12.7. The van der Waals surface area contributed by atoms with Crippen LogP contribution in [-0.4, -0.2) is 25.0 Å². The first kappa shape index (κ1) is 13.2. The second kappa shape index (κ2) is 5.28. The van der Waals surface area contributed by atoms with Gasteiger partial charge in [0.1, 0.15) is 0 Å². The Labute approximate surface area is 118 Å². The lowest BCUT2D eigenvalue weighted by Gasteiger charge is -2.33. The molecule has 1 saturated carbocycles. The normalized spacial score (nSPS) is 30.6. The second-order valence-electron chi connectivity index (χ2n) is 6.86. The van der Waals surface area contributed by atoms with Gasteiger partial charge in [0.15, 0.2) is 0 Å². The number of nitrogens with zero attached hydrogens (tertiary/aromatic N) is 1. The minimum absolute atomic E-state index is 0.741. The van der Waals surface area contributed by atoms with Crippen LogP contribution in [0, 0.1) is 5.92 Å². The van der Waals surface area contributed by atoms with Gasteiger partial charge in [-0.1, -0.05) is 38.0 Å². The summed E-state index contributed by atoms with van der Waals surface area (Å²) >= 11 is 0. The summed E-state index contributed by atoms with van der Waals surface area (Å²) in [6, 6.07) is 7.83. The molecule has 2 aliphatic rings. The Bertz CT molecular complexity index is 449. The van der Waals surface area contributed by atoms with Crippen molar-refractivity contribution in [3.05, 3.63) is 34.9 Å². The molecule has 0 bridgehead atoms. The molecule has 104 valence electrons. The van der Waals surface area contributed by atoms with Crippen molar-refractivity contribution in [3.8, 4) is 0 Å². The Morgan fingerprint density at radius 2 is 1.95 bits per heavy atom. The Balaban J connectivity index is 1.94. The molecule has 3 rings (SSSR count). The van der Waals surface area contributed by atoms with Crippen molar-refractivity contribution in [1.82, 2.24) is 4.90 Å². The monoisotopic (exact) mass is 257 g/mol. The van der Waals surface area contributed by atoms with E-state index >= 15 is 0 Å². The smallest absolute Gasteiger partial charge is 0.0133 e. The van der Waals surface area contributed by atoms with E-state index in [1.165, 1.54) is 38.5 Å². The van der Waals surface area contributed by atoms with E-state index in [1.54, 1.807) is 16.7 Å². The molecule has 1 aromatic rings. The number of rotatable bonds is 2. The first-order chi connectivity index (χ1) is 9.16. The Morgan fingerprint density at radius 1 is 1.11 bits per heavy atom. The quantitative estimate of drug-likeness (QED) is 0.774. The van der Waals surface area contributed by atoms with Crippen LogP contribution in [0.4, 0.5) is 0 Å². The van der Waals surface area contributed by atoms with E-state index in [9.17, 15) is 0 Å². The van der Waals surface area contributed by atoms with Gasteiger partial charge in [-0.15, -0.1) is 0 Å². The largest absolute Gasteiger partial charge is 0.306 e. The molecule has 1 aromatic carbocycles. The highest BCUT2D eigenvalue weighted by Crippen LogP contribution is 2.42. The van der Waals surface area contributed by atoms with Crippen molar-refractivity contribution in [2.24, 2.45) is 5.92 Å². The third-order valence-corrected chi connectivity index (χ3v) is 5.49. The summed E-state index contributed by atoms with van der Waals surface area (Å²) in [6.07, 6.45) is 8.11. The van der Waals surface area contributed by atoms with Gasteiger partial charge in [0.25, 0.3) is 0 Å². The van der Waals surface area contributed by atoms with E-state index in [4.69, 9.17) is 0 Å². The molecule has 1 heteroatoms. The van der Waals surface area contributed by atoms with Gasteiger partial charge in [0.2, 0.25) is 0 Å². The van der Waals surface area contributed by atoms with Crippen molar-refractivity contribution in [3.63, 3.8) is 0 Å². The topological polar surface area (TPSA) is 3.24 Å². The summed E-state index contributed by atoms with van der Waals surface area (Å²) in [5.74, 6) is 1.71. The third kappa shape index (κ3) is 2.45. The lowest BCUT2D eigenvalue weighted by Crippen LogP contribution is -2.34. The number of aryl methyl sites for hydroxylation is 1. The Morgan fingerprint density at radius 3 is 2.63 bits per heavy atom. The van der Waals surface area contributed by atoms with Crippen LogP contribution in [0.25, 0.3) is 0 Å². The van der Waals surface area contributed by atoms with E-state index in [0.717, 1.165) is 17.9 Å². The van der Waals surface area contributed by atoms with Crippen LogP contribution in [0.1, 0.15) is 55.2 Å². The van der Waals surface area contributed by atoms with Gasteiger partial charge in [0.05, 0.1) is 0 Å². The van der Waals surface area contributed by atoms with Crippen LogP contribution in [0.3, 0.4) is 0 Å². The van der Waals surface area contributed by atoms with Crippen molar-refractivity contribution in [1.29, 1.82) is 0 Å². The SMILES string of the molecule is CC1CCCC1c1cccc2c1C[C@H](N(C)C)CC2. The fourth-order valence-electron chi connectivity index (χ4n) is 4.19. The zero-order valence-corrected chi connectivity index (χ0v) is 12.7. The van der Waals surface area contributed by atoms with Crippen molar-refractivity contribution >= 4 is 0 Å². The maximum absolute atomic E-state index is 2.45. The summed E-state index contributed by atoms with van der Waals surface area (Å²) in [7, 11) is 4.47. The molecule has 2 unspecified atom stereocenters. The van der Waals surface area contributed by atoms with Crippen LogP contribution in [0.15, 0.2) is 18.2 Å². The summed E-state index contributed by atoms with van der Waals surface area (Å²) in [5, 5.41) is 0. The maximum atomic E-state index is 2.45. The molecular weight excluding hydrogens is 230 g/mol. The Kier molecular flexibility index (Phi) is 3.66. The lowest BCUT2D eigenvalue weighted by molar-refractivity contribution is 0.267. The molecule has 0 saturated heterocycles. The molecule has 3 atom stereocenters. The zero-order chi connectivity index (χ0) is 13.4. The minimum Gasteiger partial charge on any atom is -0.306 e. The molecule has 19 heavy (non-hydrogen) atoms. The van der Waals surface area contributed by atoms with Crippen LogP contribution >= 0.6 is 0 Å². The van der Waals surface area contributed by atoms with Crippen molar-refractivity contribution in [2.45, 2.75) is 57.4 Å². The van der Waals surface area contributed by atoms with Crippen LogP contribution in [-0.2, 0) is 12.8 Å². The number of fused-ring (bicyclic) bond motifs is 1. The lowest BCUT2D eigenvalue weighted by atomic mass is 9.79. The van der Waals surface area contributed by atoms with Gasteiger partial charge in [-0.05, 0) is 68.3 Å². The average Bonchev–Trinajstić information content (AvgIpc) is 2.83. The van der Waals surface area contributed by atoms with Crippen molar-refractivity contribution < 1.29 is 0 Å². The third-order valence-electron chi connectivity index (χ3n) is 5.49. The first-order valence-electron chi connectivity index (χ1n) is 7.94. The molecule has 0 radical (unpaired) electrons. The molecule has 0 aromatic heterocycles. The highest BCUT2D eigenvalue weighted by molar-refractivity contribution is 5.40. The van der Waals surface area contributed by atoms with Crippen LogP contribution in [0.5, 0.6) is 0 Å². The van der Waals surface area contributed by atoms with Gasteiger partial charge in [-0.3, -0.25) is 0 Å². The van der Waals surface area contributed by atoms with E-state index in [-0.39, 0.29) is 0 Å². The van der Waals surface area contributed by atoms with E-state index < -0.39 is 0 Å². The molecule has 0 aliphatic heterocycles. The molecule has 2 aliphatic carbocycles. The maximum Gasteiger partial charge on any atom is 0.0133 e. The molecule has 0 heterocycles. The molecule has 0 amide bonds. The van der Waals surface area contributed by atoms with Crippen molar-refractivity contribution in [2.75, 3.05) is 14.1 Å². The highest BCUT2D eigenvalue weighted by atomic mass is 15.1. The van der Waals surface area contributed by atoms with E-state index in [2.05, 4.69) is 44.1 Å². The summed E-state index contributed by atoms with van der Waals surface area (Å²) in [5.41, 5.74) is 5.02. The fourth-order valence-corrected chi connectivity index (χ4v) is 4.19. The Hall–Kier alpha value is -0.820. The molecule has 1 nitrogen and oxygen atoms in total. The van der Waals surface area contributed by atoms with E-state index in [1.807, 2.05) is 0 Å². The first-order valence-corrected chi connectivity index (χ1v) is 7.94. The summed E-state index contributed by atoms with van der Waals surface area (Å²) < 4.78 is 0. The predicted molar refractivity (Wildman–Crippen MR) is 81.7 cm³/mol. The standard InChI is InChI=1S/C18H27N/c1-13-6-4-8-16(13)17-9-5-7-14-10-11-15(19(2)3)12-18(14)17/h5,7,9,13,15-16H,4,6,8,10-12H2,1-3H3/t13?,15-,16?/m1/s1. The highest BCUT2D eigenvalue weighted by Gasteiger charge is 2.30. The number of likely N-dealkylation sites (N-methyl/N-ethyl adjacent to an activating group) is 1. The average molecular weight is 257 g/mol. The number of hydrogen-bond acceptors (Lipinski definition) is 1. The summed E-state index contributed by atoms with van der Waals surface area (Å²) in [6.45, 7) is 2.45.